The summed E-state index contributed by atoms with van der Waals surface area (Å²) in [7, 11) is 0. The topological polar surface area (TPSA) is 37.3 Å². The van der Waals surface area contributed by atoms with Crippen LogP contribution in [0.15, 0.2) is 48.5 Å². The molecule has 0 saturated heterocycles. The van der Waals surface area contributed by atoms with Crippen LogP contribution in [0.2, 0.25) is 0 Å². The second kappa shape index (κ2) is 6.40. The zero-order chi connectivity index (χ0) is 15.4. The summed E-state index contributed by atoms with van der Waals surface area (Å²) in [6.45, 7) is 6.14. The minimum Gasteiger partial charge on any atom is -0.478 e. The number of aryl methyl sites for hydroxylation is 1. The predicted molar refractivity (Wildman–Crippen MR) is 87.2 cm³/mol. The Kier molecular flexibility index (Phi) is 4.59. The highest BCUT2D eigenvalue weighted by molar-refractivity contribution is 6.21. The first-order valence-electron chi connectivity index (χ1n) is 7.10. The summed E-state index contributed by atoms with van der Waals surface area (Å²) in [5, 5.41) is 9.62. The van der Waals surface area contributed by atoms with Gasteiger partial charge in [0.25, 0.3) is 0 Å². The van der Waals surface area contributed by atoms with E-state index in [0.29, 0.717) is 5.57 Å². The van der Waals surface area contributed by atoms with Crippen LogP contribution in [0, 0.1) is 6.92 Å². The maximum atomic E-state index is 11.7. The molecule has 2 rings (SSSR count). The van der Waals surface area contributed by atoms with Crippen LogP contribution in [-0.4, -0.2) is 11.1 Å². The van der Waals surface area contributed by atoms with E-state index in [1.54, 1.807) is 6.08 Å². The Morgan fingerprint density at radius 2 is 1.76 bits per heavy atom. The first-order chi connectivity index (χ1) is 9.99. The molecule has 0 fully saturated rings. The van der Waals surface area contributed by atoms with E-state index < -0.39 is 5.97 Å². The number of hydrogen-bond donors (Lipinski definition) is 1. The lowest BCUT2D eigenvalue weighted by Crippen LogP contribution is -2.04. The van der Waals surface area contributed by atoms with Gasteiger partial charge in [-0.1, -0.05) is 67.9 Å². The minimum atomic E-state index is -0.897. The average molecular weight is 280 g/mol. The Balaban J connectivity index is 2.61. The highest BCUT2D eigenvalue weighted by Gasteiger charge is 2.16. The van der Waals surface area contributed by atoms with E-state index in [-0.39, 0.29) is 5.92 Å². The van der Waals surface area contributed by atoms with Crippen molar-refractivity contribution in [2.45, 2.75) is 26.7 Å². The van der Waals surface area contributed by atoms with E-state index in [0.717, 1.165) is 22.3 Å². The lowest BCUT2D eigenvalue weighted by atomic mass is 9.90. The molecule has 2 heteroatoms. The molecule has 2 nitrogen and oxygen atoms in total. The number of carboxylic acids is 1. The maximum Gasteiger partial charge on any atom is 0.336 e. The number of hydrogen-bond acceptors (Lipinski definition) is 1. The first-order valence-corrected chi connectivity index (χ1v) is 7.10. The minimum absolute atomic E-state index is 0.277. The summed E-state index contributed by atoms with van der Waals surface area (Å²) >= 11 is 0. The summed E-state index contributed by atoms with van der Waals surface area (Å²) < 4.78 is 0. The normalized spacial score (nSPS) is 11.7. The number of rotatable bonds is 4. The van der Waals surface area contributed by atoms with Crippen molar-refractivity contribution in [1.82, 2.24) is 0 Å². The van der Waals surface area contributed by atoms with Crippen LogP contribution in [0.1, 0.15) is 42.0 Å². The van der Waals surface area contributed by atoms with Gasteiger partial charge in [-0.3, -0.25) is 0 Å². The molecule has 2 aromatic rings. The Hall–Kier alpha value is -2.35. The zero-order valence-corrected chi connectivity index (χ0v) is 12.6. The molecule has 1 N–H and O–H groups in total. The number of carbonyl (C=O) groups is 1. The quantitative estimate of drug-likeness (QED) is 0.648. The van der Waals surface area contributed by atoms with Gasteiger partial charge in [0.15, 0.2) is 0 Å². The average Bonchev–Trinajstić information content (AvgIpc) is 2.45. The van der Waals surface area contributed by atoms with Gasteiger partial charge in [-0.2, -0.15) is 0 Å². The molecule has 0 heterocycles. The standard InChI is InChI=1S/C19H20O2/c1-13(2)16-10-9-14(3)11-17(16)18(19(20)21)12-15-7-5-4-6-8-15/h4-13H,1-3H3,(H,20,21). The van der Waals surface area contributed by atoms with Crippen molar-refractivity contribution in [2.75, 3.05) is 0 Å². The summed E-state index contributed by atoms with van der Waals surface area (Å²) in [5.74, 6) is -0.620. The van der Waals surface area contributed by atoms with Crippen molar-refractivity contribution in [3.05, 3.63) is 70.8 Å². The Bertz CT molecular complexity index is 667. The summed E-state index contributed by atoms with van der Waals surface area (Å²) in [4.78, 5) is 11.7. The van der Waals surface area contributed by atoms with Crippen LogP contribution in [0.25, 0.3) is 11.6 Å². The highest BCUT2D eigenvalue weighted by atomic mass is 16.4. The monoisotopic (exact) mass is 280 g/mol. The van der Waals surface area contributed by atoms with E-state index in [4.69, 9.17) is 0 Å². The van der Waals surface area contributed by atoms with Crippen molar-refractivity contribution in [3.8, 4) is 0 Å². The molecule has 0 bridgehead atoms. The number of carboxylic acid groups (broad SMARTS) is 1. The maximum absolute atomic E-state index is 11.7. The SMILES string of the molecule is Cc1ccc(C(C)C)c(C(=Cc2ccccc2)C(=O)O)c1. The van der Waals surface area contributed by atoms with Crippen LogP contribution >= 0.6 is 0 Å². The molecule has 0 saturated carbocycles. The van der Waals surface area contributed by atoms with Crippen LogP contribution in [-0.2, 0) is 4.79 Å². The van der Waals surface area contributed by atoms with Crippen molar-refractivity contribution in [3.63, 3.8) is 0 Å². The van der Waals surface area contributed by atoms with Gasteiger partial charge in [-0.15, -0.1) is 0 Å². The summed E-state index contributed by atoms with van der Waals surface area (Å²) in [6, 6.07) is 15.6. The molecule has 0 aromatic heterocycles. The first kappa shape index (κ1) is 15.0. The van der Waals surface area contributed by atoms with Crippen molar-refractivity contribution in [2.24, 2.45) is 0 Å². The van der Waals surface area contributed by atoms with Gasteiger partial charge >= 0.3 is 5.97 Å². The van der Waals surface area contributed by atoms with Crippen molar-refractivity contribution >= 4 is 17.6 Å². The molecule has 108 valence electrons. The molecule has 21 heavy (non-hydrogen) atoms. The predicted octanol–water partition coefficient (Wildman–Crippen LogP) is 4.74. The molecular formula is C19H20O2. The molecule has 0 spiro atoms. The Morgan fingerprint density at radius 3 is 2.33 bits per heavy atom. The van der Waals surface area contributed by atoms with Crippen LogP contribution < -0.4 is 0 Å². The fourth-order valence-electron chi connectivity index (χ4n) is 2.38. The second-order valence-electron chi connectivity index (χ2n) is 5.52. The van der Waals surface area contributed by atoms with Gasteiger partial charge in [0.05, 0.1) is 5.57 Å². The molecule has 0 atom stereocenters. The fraction of sp³-hybridized carbons (Fsp3) is 0.211. The molecule has 0 aliphatic carbocycles. The van der Waals surface area contributed by atoms with Gasteiger partial charge in [-0.05, 0) is 35.6 Å². The van der Waals surface area contributed by atoms with Crippen LogP contribution in [0.4, 0.5) is 0 Å². The molecule has 0 aliphatic rings. The van der Waals surface area contributed by atoms with Gasteiger partial charge in [-0.25, -0.2) is 4.79 Å². The third kappa shape index (κ3) is 3.60. The lowest BCUT2D eigenvalue weighted by Gasteiger charge is -2.14. The molecule has 0 aliphatic heterocycles. The molecule has 0 unspecified atom stereocenters. The van der Waals surface area contributed by atoms with E-state index in [9.17, 15) is 9.90 Å². The summed E-state index contributed by atoms with van der Waals surface area (Å²) in [5.41, 5.74) is 4.17. The summed E-state index contributed by atoms with van der Waals surface area (Å²) in [6.07, 6.45) is 1.74. The van der Waals surface area contributed by atoms with Crippen LogP contribution in [0.3, 0.4) is 0 Å². The third-order valence-electron chi connectivity index (χ3n) is 3.46. The van der Waals surface area contributed by atoms with E-state index in [1.807, 2.05) is 55.5 Å². The van der Waals surface area contributed by atoms with E-state index in [1.165, 1.54) is 0 Å². The molecule has 2 aromatic carbocycles. The van der Waals surface area contributed by atoms with Crippen molar-refractivity contribution < 1.29 is 9.90 Å². The van der Waals surface area contributed by atoms with E-state index in [2.05, 4.69) is 13.8 Å². The van der Waals surface area contributed by atoms with Gasteiger partial charge in [0, 0.05) is 0 Å². The van der Waals surface area contributed by atoms with Gasteiger partial charge in [0.2, 0.25) is 0 Å². The molecular weight excluding hydrogens is 260 g/mol. The van der Waals surface area contributed by atoms with Crippen LogP contribution in [0.5, 0.6) is 0 Å². The largest absolute Gasteiger partial charge is 0.478 e. The lowest BCUT2D eigenvalue weighted by molar-refractivity contribution is -0.130. The highest BCUT2D eigenvalue weighted by Crippen LogP contribution is 2.28. The zero-order valence-electron chi connectivity index (χ0n) is 12.6. The van der Waals surface area contributed by atoms with Crippen molar-refractivity contribution in [1.29, 1.82) is 0 Å². The second-order valence-corrected chi connectivity index (χ2v) is 5.52. The van der Waals surface area contributed by atoms with Gasteiger partial charge in [0.1, 0.15) is 0 Å². The fourth-order valence-corrected chi connectivity index (χ4v) is 2.38. The van der Waals surface area contributed by atoms with Gasteiger partial charge < -0.3 is 5.11 Å². The Morgan fingerprint density at radius 1 is 1.10 bits per heavy atom. The number of benzene rings is 2. The smallest absolute Gasteiger partial charge is 0.336 e. The molecule has 0 radical (unpaired) electrons. The third-order valence-corrected chi connectivity index (χ3v) is 3.46. The van der Waals surface area contributed by atoms with E-state index >= 15 is 0 Å². The Labute approximate surface area is 125 Å². The number of aliphatic carboxylic acids is 1. The molecule has 0 amide bonds.